The number of nitrogen functional groups attached to an aromatic ring is 1. The van der Waals surface area contributed by atoms with Crippen molar-refractivity contribution in [2.75, 3.05) is 43.4 Å². The lowest BCUT2D eigenvalue weighted by Crippen LogP contribution is -2.47. The average Bonchev–Trinajstić information content (AvgIpc) is 3.63. The maximum Gasteiger partial charge on any atom is 0.225 e. The summed E-state index contributed by atoms with van der Waals surface area (Å²) in [6, 6.07) is 8.93. The number of rotatable bonds is 5. The van der Waals surface area contributed by atoms with Gasteiger partial charge in [-0.25, -0.2) is 9.37 Å². The first kappa shape index (κ1) is 24.5. The summed E-state index contributed by atoms with van der Waals surface area (Å²) >= 11 is 0. The molecule has 2 N–H and O–H groups in total. The molecule has 0 bridgehead atoms. The number of piperazine rings is 1. The zero-order valence-corrected chi connectivity index (χ0v) is 22.6. The lowest BCUT2D eigenvalue weighted by molar-refractivity contribution is 0.248. The van der Waals surface area contributed by atoms with E-state index in [9.17, 15) is 4.39 Å². The third kappa shape index (κ3) is 3.86. The molecule has 12 heteroatoms. The van der Waals surface area contributed by atoms with Crippen LogP contribution < -0.4 is 10.6 Å². The highest BCUT2D eigenvalue weighted by Gasteiger charge is 2.24. The van der Waals surface area contributed by atoms with Crippen LogP contribution in [0, 0.1) is 26.6 Å². The van der Waals surface area contributed by atoms with Crippen LogP contribution in [0.15, 0.2) is 41.1 Å². The van der Waals surface area contributed by atoms with Gasteiger partial charge < -0.3 is 19.7 Å². The number of fused-ring (bicyclic) bond motifs is 4. The van der Waals surface area contributed by atoms with Crippen molar-refractivity contribution in [3.05, 3.63) is 59.3 Å². The predicted molar refractivity (Wildman–Crippen MR) is 151 cm³/mol. The normalized spacial score (nSPS) is 14.8. The highest BCUT2D eigenvalue weighted by atomic mass is 19.1. The van der Waals surface area contributed by atoms with Crippen LogP contribution in [0.2, 0.25) is 0 Å². The molecule has 204 valence electrons. The molecule has 0 spiro atoms. The minimum absolute atomic E-state index is 0.281. The van der Waals surface area contributed by atoms with Crippen molar-refractivity contribution < 1.29 is 8.91 Å². The molecule has 1 aliphatic heterocycles. The summed E-state index contributed by atoms with van der Waals surface area (Å²) in [7, 11) is 0. The molecule has 1 aliphatic rings. The van der Waals surface area contributed by atoms with Gasteiger partial charge in [-0.1, -0.05) is 11.2 Å². The predicted octanol–water partition coefficient (Wildman–Crippen LogP) is 3.75. The van der Waals surface area contributed by atoms with Crippen LogP contribution in [0.4, 0.5) is 16.0 Å². The number of pyridine rings is 1. The van der Waals surface area contributed by atoms with E-state index in [0.717, 1.165) is 72.6 Å². The van der Waals surface area contributed by atoms with Gasteiger partial charge in [0, 0.05) is 62.6 Å². The standard InChI is InChI=1S/C28H29FN10O/c1-16-18(3)38(26-24(16)27-32-25(21-6-4-5-7-31-21)34-39(27)28(30)33-26)13-10-36-8-11-37(12-9-36)22-14-19-17(2)35-40-23(19)15-20(22)29/h4-7,14-15H,8-13H2,1-3H3,(H2,30,33). The molecule has 5 aromatic heterocycles. The summed E-state index contributed by atoms with van der Waals surface area (Å²) in [5.41, 5.74) is 12.6. The highest BCUT2D eigenvalue weighted by molar-refractivity contribution is 5.95. The van der Waals surface area contributed by atoms with E-state index in [2.05, 4.69) is 43.5 Å². The van der Waals surface area contributed by atoms with Gasteiger partial charge in [0.2, 0.25) is 11.8 Å². The lowest BCUT2D eigenvalue weighted by atomic mass is 10.1. The van der Waals surface area contributed by atoms with Gasteiger partial charge in [-0.2, -0.15) is 9.50 Å². The largest absolute Gasteiger partial charge is 0.368 e. The van der Waals surface area contributed by atoms with E-state index >= 15 is 0 Å². The third-order valence-corrected chi connectivity index (χ3v) is 8.04. The third-order valence-electron chi connectivity index (χ3n) is 8.04. The van der Waals surface area contributed by atoms with Crippen molar-refractivity contribution in [2.45, 2.75) is 27.3 Å². The van der Waals surface area contributed by atoms with E-state index in [1.165, 1.54) is 6.07 Å². The van der Waals surface area contributed by atoms with Crippen molar-refractivity contribution in [1.82, 2.24) is 39.2 Å². The molecule has 6 heterocycles. The quantitative estimate of drug-likeness (QED) is 0.349. The van der Waals surface area contributed by atoms with Crippen LogP contribution in [0.5, 0.6) is 0 Å². The zero-order chi connectivity index (χ0) is 27.5. The van der Waals surface area contributed by atoms with Crippen LogP contribution >= 0.6 is 0 Å². The van der Waals surface area contributed by atoms with Gasteiger partial charge >= 0.3 is 0 Å². The number of nitrogens with two attached hydrogens (primary N) is 1. The molecule has 1 saturated heterocycles. The molecule has 0 saturated carbocycles. The number of nitrogens with zero attached hydrogens (tertiary/aromatic N) is 9. The Morgan fingerprint density at radius 1 is 1.00 bits per heavy atom. The first-order valence-electron chi connectivity index (χ1n) is 13.3. The smallest absolute Gasteiger partial charge is 0.225 e. The second kappa shape index (κ2) is 9.26. The Labute approximate surface area is 229 Å². The van der Waals surface area contributed by atoms with E-state index in [0.29, 0.717) is 28.4 Å². The van der Waals surface area contributed by atoms with E-state index < -0.39 is 0 Å². The SMILES string of the molecule is Cc1noc2cc(F)c(N3CCN(CCn4c(C)c(C)c5c4nc(N)n4nc(-c6ccccn6)nc54)CC3)cc12. The Balaban J connectivity index is 1.12. The first-order chi connectivity index (χ1) is 19.4. The minimum Gasteiger partial charge on any atom is -0.368 e. The Morgan fingerprint density at radius 3 is 2.60 bits per heavy atom. The second-order valence-corrected chi connectivity index (χ2v) is 10.3. The van der Waals surface area contributed by atoms with Crippen molar-refractivity contribution in [1.29, 1.82) is 0 Å². The molecule has 40 heavy (non-hydrogen) atoms. The van der Waals surface area contributed by atoms with Crippen molar-refractivity contribution in [3.63, 3.8) is 0 Å². The summed E-state index contributed by atoms with van der Waals surface area (Å²) in [4.78, 5) is 18.4. The van der Waals surface area contributed by atoms with E-state index in [1.54, 1.807) is 10.7 Å². The van der Waals surface area contributed by atoms with Crippen LogP contribution in [-0.4, -0.2) is 71.9 Å². The van der Waals surface area contributed by atoms with Crippen LogP contribution in [0.25, 0.3) is 39.2 Å². The number of halogens is 1. The fourth-order valence-corrected chi connectivity index (χ4v) is 5.66. The molecular weight excluding hydrogens is 511 g/mol. The Kier molecular flexibility index (Phi) is 5.66. The number of hydrogen-bond acceptors (Lipinski definition) is 9. The number of aromatic nitrogens is 7. The maximum atomic E-state index is 14.8. The number of aryl methyl sites for hydroxylation is 2. The molecule has 1 aromatic carbocycles. The van der Waals surface area contributed by atoms with Crippen LogP contribution in [0.1, 0.15) is 17.0 Å². The summed E-state index contributed by atoms with van der Waals surface area (Å²) in [6.07, 6.45) is 1.72. The fourth-order valence-electron chi connectivity index (χ4n) is 5.66. The van der Waals surface area contributed by atoms with Crippen LogP contribution in [0.3, 0.4) is 0 Å². The van der Waals surface area contributed by atoms with Crippen molar-refractivity contribution in [2.24, 2.45) is 0 Å². The van der Waals surface area contributed by atoms with Crippen molar-refractivity contribution >= 4 is 39.3 Å². The molecule has 0 amide bonds. The summed E-state index contributed by atoms with van der Waals surface area (Å²) < 4.78 is 23.9. The molecule has 0 atom stereocenters. The molecule has 7 rings (SSSR count). The topological polar surface area (TPSA) is 119 Å². The summed E-state index contributed by atoms with van der Waals surface area (Å²) in [6.45, 7) is 10.8. The van der Waals surface area contributed by atoms with Gasteiger partial charge in [-0.05, 0) is 44.5 Å². The van der Waals surface area contributed by atoms with E-state index in [-0.39, 0.29) is 11.8 Å². The molecule has 0 aliphatic carbocycles. The second-order valence-electron chi connectivity index (χ2n) is 10.3. The van der Waals surface area contributed by atoms with Gasteiger partial charge in [-0.3, -0.25) is 9.88 Å². The molecular formula is C28H29FN10O. The fraction of sp³-hybridized carbons (Fsp3) is 0.321. The molecule has 11 nitrogen and oxygen atoms in total. The molecule has 1 fully saturated rings. The lowest BCUT2D eigenvalue weighted by Gasteiger charge is -2.36. The maximum absolute atomic E-state index is 14.8. The van der Waals surface area contributed by atoms with Gasteiger partial charge in [0.05, 0.1) is 16.8 Å². The minimum atomic E-state index is -0.281. The Bertz CT molecular complexity index is 1880. The number of benzene rings is 1. The zero-order valence-electron chi connectivity index (χ0n) is 22.6. The van der Waals surface area contributed by atoms with E-state index in [4.69, 9.17) is 20.2 Å². The summed E-state index contributed by atoms with van der Waals surface area (Å²) in [5, 5.41) is 10.3. The van der Waals surface area contributed by atoms with Gasteiger partial charge in [-0.15, -0.1) is 5.10 Å². The molecule has 0 unspecified atom stereocenters. The first-order valence-corrected chi connectivity index (χ1v) is 13.3. The van der Waals surface area contributed by atoms with Crippen molar-refractivity contribution in [3.8, 4) is 11.5 Å². The van der Waals surface area contributed by atoms with Gasteiger partial charge in [0.15, 0.2) is 11.2 Å². The number of hydrogen-bond donors (Lipinski definition) is 1. The Morgan fingerprint density at radius 2 is 1.82 bits per heavy atom. The van der Waals surface area contributed by atoms with Gasteiger partial charge in [0.25, 0.3) is 0 Å². The molecule has 0 radical (unpaired) electrons. The summed E-state index contributed by atoms with van der Waals surface area (Å²) in [5.74, 6) is 0.516. The number of anilines is 2. The van der Waals surface area contributed by atoms with Crippen LogP contribution in [-0.2, 0) is 6.54 Å². The average molecular weight is 541 g/mol. The monoisotopic (exact) mass is 540 g/mol. The highest BCUT2D eigenvalue weighted by Crippen LogP contribution is 2.31. The Hall–Kier alpha value is -4.58. The van der Waals surface area contributed by atoms with Gasteiger partial charge in [0.1, 0.15) is 17.2 Å². The molecule has 6 aromatic rings. The van der Waals surface area contributed by atoms with E-state index in [1.807, 2.05) is 31.2 Å².